The minimum atomic E-state index is -4.82. The minimum absolute atomic E-state index is 0.164. The lowest BCUT2D eigenvalue weighted by molar-refractivity contribution is -0.137. The third kappa shape index (κ3) is 4.52. The Bertz CT molecular complexity index is 1170. The smallest absolute Gasteiger partial charge is 0.418 e. The molecule has 0 radical (unpaired) electrons. The Hall–Kier alpha value is -2.44. The minimum Gasteiger partial charge on any atom is -0.478 e. The van der Waals surface area contributed by atoms with Crippen LogP contribution in [0.3, 0.4) is 0 Å². The molecule has 32 heavy (non-hydrogen) atoms. The van der Waals surface area contributed by atoms with E-state index >= 15 is 0 Å². The molecule has 1 atom stereocenters. The van der Waals surface area contributed by atoms with Gasteiger partial charge in [-0.2, -0.15) is 17.5 Å². The van der Waals surface area contributed by atoms with Crippen molar-refractivity contribution in [3.8, 4) is 0 Å². The molecule has 6 nitrogen and oxygen atoms in total. The number of nitrogens with zero attached hydrogens (tertiary/aromatic N) is 2. The second-order valence-corrected chi connectivity index (χ2v) is 9.40. The highest BCUT2D eigenvalue weighted by Gasteiger charge is 2.39. The number of alkyl halides is 3. The molecule has 0 bridgehead atoms. The van der Waals surface area contributed by atoms with E-state index in [0.717, 1.165) is 16.4 Å². The maximum atomic E-state index is 13.8. The second-order valence-electron chi connectivity index (χ2n) is 7.14. The zero-order chi connectivity index (χ0) is 24.0. The molecule has 0 aromatic heterocycles. The first kappa shape index (κ1) is 24.2. The Balaban J connectivity index is 1.93. The quantitative estimate of drug-likeness (QED) is 0.638. The van der Waals surface area contributed by atoms with Gasteiger partial charge in [-0.05, 0) is 37.3 Å². The van der Waals surface area contributed by atoms with Crippen molar-refractivity contribution < 1.29 is 40.3 Å². The van der Waals surface area contributed by atoms with Crippen LogP contribution >= 0.6 is 11.6 Å². The Labute approximate surface area is 184 Å². The Morgan fingerprint density at radius 1 is 1.16 bits per heavy atom. The standard InChI is InChI=1S/C19H16ClF5N2O4S/c1-10-9-26(16-3-2-11(21)6-13(16)19(23,24)25)4-5-27(10)32(30,31)17-7-12(18(28)29)15(22)8-14(17)20/h2-3,6-8,10H,4-5,9H2,1H3,(H,28,29). The van der Waals surface area contributed by atoms with Crippen molar-refractivity contribution in [2.24, 2.45) is 0 Å². The monoisotopic (exact) mass is 498 g/mol. The first-order valence-electron chi connectivity index (χ1n) is 9.09. The van der Waals surface area contributed by atoms with Crippen LogP contribution in [-0.2, 0) is 16.2 Å². The molecule has 174 valence electrons. The molecule has 0 spiro atoms. The average Bonchev–Trinajstić information content (AvgIpc) is 2.66. The van der Waals surface area contributed by atoms with E-state index in [-0.39, 0.29) is 25.3 Å². The van der Waals surface area contributed by atoms with E-state index < -0.39 is 60.9 Å². The summed E-state index contributed by atoms with van der Waals surface area (Å²) in [5.74, 6) is -3.96. The van der Waals surface area contributed by atoms with Crippen molar-refractivity contribution in [2.75, 3.05) is 24.5 Å². The van der Waals surface area contributed by atoms with Crippen LogP contribution in [0, 0.1) is 11.6 Å². The molecular formula is C19H16ClF5N2O4S. The fourth-order valence-corrected chi connectivity index (χ4v) is 5.68. The number of aromatic carboxylic acids is 1. The molecule has 2 aromatic carbocycles. The van der Waals surface area contributed by atoms with E-state index in [1.807, 2.05) is 0 Å². The molecule has 0 aliphatic carbocycles. The van der Waals surface area contributed by atoms with E-state index in [4.69, 9.17) is 16.7 Å². The highest BCUT2D eigenvalue weighted by atomic mass is 35.5. The maximum Gasteiger partial charge on any atom is 0.418 e. The summed E-state index contributed by atoms with van der Waals surface area (Å²) in [6.45, 7) is 0.839. The number of carboxylic acids is 1. The largest absolute Gasteiger partial charge is 0.478 e. The van der Waals surface area contributed by atoms with Crippen LogP contribution in [0.25, 0.3) is 0 Å². The van der Waals surface area contributed by atoms with Crippen LogP contribution in [0.2, 0.25) is 5.02 Å². The van der Waals surface area contributed by atoms with Crippen LogP contribution in [0.5, 0.6) is 0 Å². The summed E-state index contributed by atoms with van der Waals surface area (Å²) < 4.78 is 94.4. The summed E-state index contributed by atoms with van der Waals surface area (Å²) >= 11 is 5.86. The molecule has 0 saturated carbocycles. The van der Waals surface area contributed by atoms with Gasteiger partial charge >= 0.3 is 12.1 Å². The molecule has 1 heterocycles. The fraction of sp³-hybridized carbons (Fsp3) is 0.316. The van der Waals surface area contributed by atoms with Gasteiger partial charge in [0.1, 0.15) is 16.5 Å². The van der Waals surface area contributed by atoms with Gasteiger partial charge in [-0.3, -0.25) is 0 Å². The number of sulfonamides is 1. The van der Waals surface area contributed by atoms with Crippen LogP contribution in [-0.4, -0.2) is 49.5 Å². The molecule has 0 amide bonds. The van der Waals surface area contributed by atoms with Crippen LogP contribution in [0.15, 0.2) is 35.2 Å². The highest BCUT2D eigenvalue weighted by molar-refractivity contribution is 7.89. The second kappa shape index (κ2) is 8.49. The first-order chi connectivity index (χ1) is 14.7. The molecule has 1 aliphatic rings. The molecule has 13 heteroatoms. The van der Waals surface area contributed by atoms with Crippen molar-refractivity contribution in [1.29, 1.82) is 0 Å². The third-order valence-electron chi connectivity index (χ3n) is 5.01. The molecule has 3 rings (SSSR count). The Morgan fingerprint density at radius 2 is 1.81 bits per heavy atom. The molecule has 1 saturated heterocycles. The van der Waals surface area contributed by atoms with Crippen molar-refractivity contribution in [3.05, 3.63) is 58.1 Å². The van der Waals surface area contributed by atoms with Crippen molar-refractivity contribution in [1.82, 2.24) is 4.31 Å². The van der Waals surface area contributed by atoms with Crippen molar-refractivity contribution in [2.45, 2.75) is 24.0 Å². The van der Waals surface area contributed by atoms with Gasteiger partial charge in [-0.25, -0.2) is 22.0 Å². The number of benzene rings is 2. The predicted octanol–water partition coefficient (Wildman–Crippen LogP) is 4.23. The number of anilines is 1. The lowest BCUT2D eigenvalue weighted by Crippen LogP contribution is -2.54. The number of piperazine rings is 1. The van der Waals surface area contributed by atoms with Gasteiger partial charge in [0.25, 0.3) is 0 Å². The number of carboxylic acid groups (broad SMARTS) is 1. The van der Waals surface area contributed by atoms with Gasteiger partial charge in [-0.1, -0.05) is 11.6 Å². The van der Waals surface area contributed by atoms with Gasteiger partial charge in [0.05, 0.1) is 16.1 Å². The van der Waals surface area contributed by atoms with Gasteiger partial charge in [0, 0.05) is 31.4 Å². The van der Waals surface area contributed by atoms with Gasteiger partial charge in [-0.15, -0.1) is 0 Å². The Kier molecular flexibility index (Phi) is 6.42. The normalized spacial score (nSPS) is 18.1. The number of rotatable bonds is 4. The summed E-state index contributed by atoms with van der Waals surface area (Å²) in [4.78, 5) is 11.8. The predicted molar refractivity (Wildman–Crippen MR) is 105 cm³/mol. The fourth-order valence-electron chi connectivity index (χ4n) is 3.54. The van der Waals surface area contributed by atoms with Crippen molar-refractivity contribution >= 4 is 33.3 Å². The SMILES string of the molecule is CC1CN(c2ccc(F)cc2C(F)(F)F)CCN1S(=O)(=O)c1cc(C(=O)O)c(F)cc1Cl. The summed E-state index contributed by atoms with van der Waals surface area (Å²) in [5.41, 5.74) is -2.37. The first-order valence-corrected chi connectivity index (χ1v) is 10.9. The maximum absolute atomic E-state index is 13.8. The van der Waals surface area contributed by atoms with Crippen LogP contribution < -0.4 is 4.90 Å². The zero-order valence-electron chi connectivity index (χ0n) is 16.3. The summed E-state index contributed by atoms with van der Waals surface area (Å²) in [5, 5.41) is 8.54. The third-order valence-corrected chi connectivity index (χ3v) is 7.49. The molecular weight excluding hydrogens is 483 g/mol. The number of hydrogen-bond donors (Lipinski definition) is 1. The van der Waals surface area contributed by atoms with E-state index in [1.54, 1.807) is 0 Å². The number of hydrogen-bond acceptors (Lipinski definition) is 4. The summed E-state index contributed by atoms with van der Waals surface area (Å²) in [7, 11) is -4.40. The summed E-state index contributed by atoms with van der Waals surface area (Å²) in [6.07, 6.45) is -4.82. The lowest BCUT2D eigenvalue weighted by atomic mass is 10.1. The van der Waals surface area contributed by atoms with Crippen LogP contribution in [0.1, 0.15) is 22.8 Å². The van der Waals surface area contributed by atoms with Crippen molar-refractivity contribution in [3.63, 3.8) is 0 Å². The zero-order valence-corrected chi connectivity index (χ0v) is 17.9. The molecule has 1 N–H and O–H groups in total. The number of carbonyl (C=O) groups is 1. The summed E-state index contributed by atoms with van der Waals surface area (Å²) in [6, 6.07) is 2.54. The highest BCUT2D eigenvalue weighted by Crippen LogP contribution is 2.38. The van der Waals surface area contributed by atoms with Gasteiger partial charge in [0.15, 0.2) is 0 Å². The van der Waals surface area contributed by atoms with E-state index in [9.17, 15) is 35.2 Å². The van der Waals surface area contributed by atoms with E-state index in [2.05, 4.69) is 0 Å². The molecule has 2 aromatic rings. The van der Waals surface area contributed by atoms with Gasteiger partial charge in [0.2, 0.25) is 10.0 Å². The topological polar surface area (TPSA) is 77.9 Å². The number of halogens is 6. The molecule has 1 aliphatic heterocycles. The van der Waals surface area contributed by atoms with Crippen LogP contribution in [0.4, 0.5) is 27.6 Å². The average molecular weight is 499 g/mol. The molecule has 1 unspecified atom stereocenters. The molecule has 1 fully saturated rings. The van der Waals surface area contributed by atoms with Gasteiger partial charge < -0.3 is 10.0 Å². The van der Waals surface area contributed by atoms with E-state index in [1.165, 1.54) is 11.8 Å². The lowest BCUT2D eigenvalue weighted by Gasteiger charge is -2.40. The Morgan fingerprint density at radius 3 is 2.38 bits per heavy atom. The van der Waals surface area contributed by atoms with E-state index in [0.29, 0.717) is 18.2 Å².